The molecule has 0 saturated carbocycles. The molecule has 2 aliphatic rings. The molecule has 3 atom stereocenters. The van der Waals surface area contributed by atoms with Crippen LogP contribution in [0.25, 0.3) is 55.1 Å². The number of nitrogens with zero attached hydrogens (tertiary/aromatic N) is 8. The van der Waals surface area contributed by atoms with E-state index in [1.165, 1.54) is 5.56 Å². The number of furan rings is 1. The summed E-state index contributed by atoms with van der Waals surface area (Å²) in [6.45, 7) is 8.80. The standard InChI is InChI=1S/C53H43N8O/c1-32-16-9-13-24-46(32)60-35(4)61(5,53-52(60)55-42-22-11-12-23-43(42)57-53)39-20-15-17-36(30-39)37-27-29-44-45(31-37)56-51-50(54-44)58(38-18-7-6-8-19-38)34(3)59(51)48-33(2)26-28-41-40-21-10-14-25-47(40)62-49(41)48/h6-31,34-35H,1-5H3/q+1. The van der Waals surface area contributed by atoms with Crippen LogP contribution in [0.4, 0.5) is 46.0 Å². The van der Waals surface area contributed by atoms with Crippen molar-refractivity contribution in [2.24, 2.45) is 0 Å². The van der Waals surface area contributed by atoms with Crippen LogP contribution in [0.15, 0.2) is 162 Å². The van der Waals surface area contributed by atoms with E-state index in [0.717, 1.165) is 107 Å². The molecule has 300 valence electrons. The largest absolute Gasteiger partial charge is 0.454 e. The number of anilines is 6. The lowest BCUT2D eigenvalue weighted by Crippen LogP contribution is -2.50. The van der Waals surface area contributed by atoms with Crippen LogP contribution in [-0.4, -0.2) is 39.3 Å². The molecule has 5 heterocycles. The summed E-state index contributed by atoms with van der Waals surface area (Å²) in [5.41, 5.74) is 13.8. The maximum atomic E-state index is 6.67. The van der Waals surface area contributed by atoms with Gasteiger partial charge in [0.1, 0.15) is 17.4 Å². The molecule has 0 spiro atoms. The molecule has 0 bridgehead atoms. The number of para-hydroxylation sites is 5. The second-order valence-electron chi connectivity index (χ2n) is 16.8. The summed E-state index contributed by atoms with van der Waals surface area (Å²) < 4.78 is 7.12. The number of fused-ring (bicyclic) bond motifs is 7. The van der Waals surface area contributed by atoms with Gasteiger partial charge in [0, 0.05) is 29.4 Å². The smallest absolute Gasteiger partial charge is 0.279 e. The molecule has 0 radical (unpaired) electrons. The molecule has 0 saturated heterocycles. The van der Waals surface area contributed by atoms with Crippen molar-refractivity contribution in [1.29, 1.82) is 0 Å². The first-order valence-corrected chi connectivity index (χ1v) is 21.2. The van der Waals surface area contributed by atoms with E-state index in [0.29, 0.717) is 4.48 Å². The minimum absolute atomic E-state index is 0.0385. The van der Waals surface area contributed by atoms with Crippen molar-refractivity contribution in [3.8, 4) is 11.1 Å². The van der Waals surface area contributed by atoms with Crippen LogP contribution < -0.4 is 19.2 Å². The Bertz CT molecular complexity index is 3440. The van der Waals surface area contributed by atoms with Gasteiger partial charge in [-0.1, -0.05) is 97.1 Å². The van der Waals surface area contributed by atoms with E-state index in [-0.39, 0.29) is 12.3 Å². The Kier molecular flexibility index (Phi) is 7.86. The zero-order valence-corrected chi connectivity index (χ0v) is 35.2. The number of benzene rings is 7. The molecular weight excluding hydrogens is 765 g/mol. The molecule has 0 N–H and O–H groups in total. The fourth-order valence-electron chi connectivity index (χ4n) is 9.90. The lowest BCUT2D eigenvalue weighted by molar-refractivity contribution is 0.382. The minimum atomic E-state index is -0.146. The SMILES string of the molecule is Cc1ccccc1N1c2nc3ccccc3nc2[N+](C)(c2cccc(-c3ccc4nc5c(nc4c3)N(c3c(C)ccc4c3oc3ccccc34)C(C)N5c3ccccc3)c2)C1C. The van der Waals surface area contributed by atoms with Crippen LogP contribution in [0, 0.1) is 13.8 Å². The predicted molar refractivity (Wildman–Crippen MR) is 253 cm³/mol. The van der Waals surface area contributed by atoms with Crippen molar-refractivity contribution >= 4 is 90.0 Å². The van der Waals surface area contributed by atoms with Crippen molar-refractivity contribution in [2.45, 2.75) is 40.0 Å². The normalized spacial score (nSPS) is 18.4. The van der Waals surface area contributed by atoms with E-state index >= 15 is 0 Å². The topological polar surface area (TPSA) is 74.4 Å². The quantitative estimate of drug-likeness (QED) is 0.159. The molecule has 9 heteroatoms. The summed E-state index contributed by atoms with van der Waals surface area (Å²) in [5, 5.41) is 2.18. The fourth-order valence-corrected chi connectivity index (χ4v) is 9.90. The first kappa shape index (κ1) is 36.2. The van der Waals surface area contributed by atoms with E-state index in [1.54, 1.807) is 0 Å². The third-order valence-corrected chi connectivity index (χ3v) is 13.2. The van der Waals surface area contributed by atoms with Crippen molar-refractivity contribution < 1.29 is 4.42 Å². The Balaban J connectivity index is 1.01. The molecule has 0 fully saturated rings. The highest BCUT2D eigenvalue weighted by molar-refractivity contribution is 6.11. The summed E-state index contributed by atoms with van der Waals surface area (Å²) in [6.07, 6.45) is -0.185. The fraction of sp³-hybridized carbons (Fsp3) is 0.132. The van der Waals surface area contributed by atoms with Gasteiger partial charge in [0.25, 0.3) is 5.82 Å². The lowest BCUT2D eigenvalue weighted by atomic mass is 10.0. The molecule has 2 aliphatic heterocycles. The maximum Gasteiger partial charge on any atom is 0.279 e. The summed E-state index contributed by atoms with van der Waals surface area (Å²) in [6, 6.07) is 55.1. The Morgan fingerprint density at radius 2 is 1.19 bits per heavy atom. The average molecular weight is 808 g/mol. The molecule has 10 aromatic rings. The van der Waals surface area contributed by atoms with E-state index in [2.05, 4.69) is 171 Å². The third kappa shape index (κ3) is 5.18. The zero-order valence-electron chi connectivity index (χ0n) is 35.2. The Labute approximate surface area is 359 Å². The molecule has 62 heavy (non-hydrogen) atoms. The maximum absolute atomic E-state index is 6.67. The van der Waals surface area contributed by atoms with Gasteiger partial charge in [-0.3, -0.25) is 9.80 Å². The average Bonchev–Trinajstić information content (AvgIpc) is 3.89. The third-order valence-electron chi connectivity index (χ3n) is 13.2. The van der Waals surface area contributed by atoms with Crippen LogP contribution in [0.2, 0.25) is 0 Å². The minimum Gasteiger partial charge on any atom is -0.454 e. The van der Waals surface area contributed by atoms with Crippen LogP contribution in [0.3, 0.4) is 0 Å². The van der Waals surface area contributed by atoms with Gasteiger partial charge >= 0.3 is 0 Å². The molecule has 3 aromatic heterocycles. The molecule has 0 aliphatic carbocycles. The van der Waals surface area contributed by atoms with E-state index in [4.69, 9.17) is 24.4 Å². The van der Waals surface area contributed by atoms with Gasteiger partial charge in [0.05, 0.1) is 40.5 Å². The van der Waals surface area contributed by atoms with Gasteiger partial charge in [-0.05, 0) is 97.6 Å². The number of aromatic nitrogens is 4. The summed E-state index contributed by atoms with van der Waals surface area (Å²) >= 11 is 0. The van der Waals surface area contributed by atoms with Crippen LogP contribution >= 0.6 is 0 Å². The molecular formula is C53H43N8O+. The number of hydrogen-bond acceptors (Lipinski definition) is 8. The zero-order chi connectivity index (χ0) is 41.9. The number of quaternary nitrogens is 1. The van der Waals surface area contributed by atoms with Gasteiger partial charge < -0.3 is 9.32 Å². The van der Waals surface area contributed by atoms with Gasteiger partial charge in [0.2, 0.25) is 5.82 Å². The van der Waals surface area contributed by atoms with E-state index < -0.39 is 0 Å². The van der Waals surface area contributed by atoms with Gasteiger partial charge in [-0.15, -0.1) is 0 Å². The van der Waals surface area contributed by atoms with Crippen molar-refractivity contribution in [1.82, 2.24) is 24.4 Å². The number of hydrogen-bond donors (Lipinski definition) is 0. The Morgan fingerprint density at radius 3 is 2.03 bits per heavy atom. The Morgan fingerprint density at radius 1 is 0.516 bits per heavy atom. The monoisotopic (exact) mass is 807 g/mol. The molecule has 9 nitrogen and oxygen atoms in total. The molecule has 0 amide bonds. The second kappa shape index (κ2) is 13.4. The molecule has 3 unspecified atom stereocenters. The van der Waals surface area contributed by atoms with E-state index in [9.17, 15) is 0 Å². The van der Waals surface area contributed by atoms with Crippen molar-refractivity contribution in [2.75, 3.05) is 21.7 Å². The van der Waals surface area contributed by atoms with E-state index in [1.807, 2.05) is 36.4 Å². The molecule has 7 aromatic carbocycles. The van der Waals surface area contributed by atoms with Gasteiger partial charge in [0.15, 0.2) is 23.4 Å². The van der Waals surface area contributed by atoms with Gasteiger partial charge in [-0.2, -0.15) is 4.98 Å². The highest BCUT2D eigenvalue weighted by Gasteiger charge is 2.51. The number of aryl methyl sites for hydroxylation is 2. The highest BCUT2D eigenvalue weighted by Crippen LogP contribution is 2.53. The first-order chi connectivity index (χ1) is 30.3. The number of rotatable bonds is 5. The molecule has 12 rings (SSSR count). The lowest BCUT2D eigenvalue weighted by Gasteiger charge is -2.35. The second-order valence-corrected chi connectivity index (χ2v) is 16.8. The van der Waals surface area contributed by atoms with Crippen molar-refractivity contribution in [3.05, 3.63) is 169 Å². The van der Waals surface area contributed by atoms with Crippen molar-refractivity contribution in [3.63, 3.8) is 0 Å². The summed E-state index contributed by atoms with van der Waals surface area (Å²) in [5.74, 6) is 3.40. The Hall–Kier alpha value is -7.62. The van der Waals surface area contributed by atoms with Crippen LogP contribution in [-0.2, 0) is 0 Å². The highest BCUT2D eigenvalue weighted by atomic mass is 16.3. The van der Waals surface area contributed by atoms with Crippen LogP contribution in [0.1, 0.15) is 25.0 Å². The first-order valence-electron chi connectivity index (χ1n) is 21.2. The summed E-state index contributed by atoms with van der Waals surface area (Å²) in [7, 11) is 2.26. The van der Waals surface area contributed by atoms with Crippen LogP contribution in [0.5, 0.6) is 0 Å². The predicted octanol–water partition coefficient (Wildman–Crippen LogP) is 13.2. The summed E-state index contributed by atoms with van der Waals surface area (Å²) in [4.78, 5) is 28.5. The van der Waals surface area contributed by atoms with Gasteiger partial charge in [-0.25, -0.2) is 19.4 Å².